The van der Waals surface area contributed by atoms with Gasteiger partial charge in [0.15, 0.2) is 0 Å². The Bertz CT molecular complexity index is 396. The van der Waals surface area contributed by atoms with Gasteiger partial charge < -0.3 is 10.4 Å². The molecular weight excluding hydrogens is 255 g/mol. The lowest BCUT2D eigenvalue weighted by molar-refractivity contribution is -0.137. The Labute approximate surface area is 110 Å². The number of aliphatic hydroxyl groups excluding tert-OH is 1. The van der Waals surface area contributed by atoms with E-state index < -0.39 is 11.7 Å². The average molecular weight is 273 g/mol. The lowest BCUT2D eigenvalue weighted by Gasteiger charge is -2.22. The van der Waals surface area contributed by atoms with Gasteiger partial charge in [-0.1, -0.05) is 25.0 Å². The minimum Gasteiger partial charge on any atom is -0.394 e. The highest BCUT2D eigenvalue weighted by molar-refractivity contribution is 5.27. The number of hydrogen-bond donors (Lipinski definition) is 2. The van der Waals surface area contributed by atoms with Crippen molar-refractivity contribution in [3.05, 3.63) is 35.4 Å². The molecular formula is C14H18F3NO. The van der Waals surface area contributed by atoms with E-state index >= 15 is 0 Å². The van der Waals surface area contributed by atoms with E-state index in [4.69, 9.17) is 0 Å². The van der Waals surface area contributed by atoms with Crippen molar-refractivity contribution in [3.63, 3.8) is 0 Å². The van der Waals surface area contributed by atoms with E-state index in [0.29, 0.717) is 11.6 Å². The van der Waals surface area contributed by atoms with Gasteiger partial charge in [-0.15, -0.1) is 0 Å². The first kappa shape index (κ1) is 14.3. The zero-order valence-electron chi connectivity index (χ0n) is 10.6. The van der Waals surface area contributed by atoms with E-state index in [9.17, 15) is 18.3 Å². The van der Waals surface area contributed by atoms with Crippen LogP contribution in [-0.2, 0) is 6.18 Å². The molecule has 0 aromatic heterocycles. The molecule has 1 aromatic rings. The van der Waals surface area contributed by atoms with Crippen LogP contribution in [0.1, 0.15) is 42.9 Å². The van der Waals surface area contributed by atoms with Gasteiger partial charge in [-0.05, 0) is 30.5 Å². The van der Waals surface area contributed by atoms with E-state index in [1.165, 1.54) is 25.0 Å². The van der Waals surface area contributed by atoms with Gasteiger partial charge >= 0.3 is 6.18 Å². The third-order valence-electron chi connectivity index (χ3n) is 3.62. The molecule has 1 aliphatic rings. The van der Waals surface area contributed by atoms with E-state index in [1.807, 2.05) is 0 Å². The molecule has 0 aliphatic heterocycles. The van der Waals surface area contributed by atoms with Gasteiger partial charge in [0.25, 0.3) is 0 Å². The van der Waals surface area contributed by atoms with Crippen molar-refractivity contribution in [2.24, 2.45) is 0 Å². The topological polar surface area (TPSA) is 32.3 Å². The molecule has 0 amide bonds. The fourth-order valence-electron chi connectivity index (χ4n) is 2.54. The second-order valence-corrected chi connectivity index (χ2v) is 5.00. The van der Waals surface area contributed by atoms with Crippen molar-refractivity contribution >= 4 is 0 Å². The third-order valence-corrected chi connectivity index (χ3v) is 3.62. The highest BCUT2D eigenvalue weighted by Crippen LogP contribution is 2.30. The number of aliphatic hydroxyl groups is 1. The number of rotatable bonds is 4. The van der Waals surface area contributed by atoms with E-state index in [2.05, 4.69) is 5.32 Å². The van der Waals surface area contributed by atoms with Crippen LogP contribution in [0.15, 0.2) is 24.3 Å². The Morgan fingerprint density at radius 1 is 1.16 bits per heavy atom. The predicted octanol–water partition coefficient (Wildman–Crippen LogP) is 3.27. The first-order valence-corrected chi connectivity index (χ1v) is 6.55. The van der Waals surface area contributed by atoms with Crippen LogP contribution in [0, 0.1) is 0 Å². The van der Waals surface area contributed by atoms with E-state index in [-0.39, 0.29) is 12.6 Å². The van der Waals surface area contributed by atoms with Crippen LogP contribution < -0.4 is 5.32 Å². The van der Waals surface area contributed by atoms with Gasteiger partial charge in [-0.3, -0.25) is 0 Å². The zero-order chi connectivity index (χ0) is 13.9. The van der Waals surface area contributed by atoms with Gasteiger partial charge in [-0.2, -0.15) is 13.2 Å². The molecule has 1 fully saturated rings. The summed E-state index contributed by atoms with van der Waals surface area (Å²) in [4.78, 5) is 0. The van der Waals surface area contributed by atoms with Crippen LogP contribution in [0.25, 0.3) is 0 Å². The molecule has 2 nitrogen and oxygen atoms in total. The summed E-state index contributed by atoms with van der Waals surface area (Å²) in [5.74, 6) is 0. The maximum Gasteiger partial charge on any atom is 0.416 e. The van der Waals surface area contributed by atoms with Crippen molar-refractivity contribution in [1.82, 2.24) is 5.32 Å². The van der Waals surface area contributed by atoms with Crippen LogP contribution >= 0.6 is 0 Å². The van der Waals surface area contributed by atoms with E-state index in [0.717, 1.165) is 25.0 Å². The van der Waals surface area contributed by atoms with Crippen molar-refractivity contribution in [1.29, 1.82) is 0 Å². The summed E-state index contributed by atoms with van der Waals surface area (Å²) in [5.41, 5.74) is 0.0382. The number of alkyl halides is 3. The van der Waals surface area contributed by atoms with Gasteiger partial charge in [-0.25, -0.2) is 0 Å². The monoisotopic (exact) mass is 273 g/mol. The zero-order valence-corrected chi connectivity index (χ0v) is 10.6. The summed E-state index contributed by atoms with van der Waals surface area (Å²) in [6, 6.07) is 5.07. The Morgan fingerprint density at radius 2 is 1.74 bits per heavy atom. The fourth-order valence-corrected chi connectivity index (χ4v) is 2.54. The number of benzene rings is 1. The first-order chi connectivity index (χ1) is 9.00. The molecule has 0 saturated heterocycles. The standard InChI is InChI=1S/C14H18F3NO/c15-14(16,17)11-7-5-10(6-8-11)13(9-19)18-12-3-1-2-4-12/h5-8,12-13,18-19H,1-4,9H2. The maximum atomic E-state index is 12.5. The molecule has 2 rings (SSSR count). The highest BCUT2D eigenvalue weighted by atomic mass is 19.4. The SMILES string of the molecule is OCC(NC1CCCC1)c1ccc(C(F)(F)F)cc1. The molecule has 106 valence electrons. The Balaban J connectivity index is 2.05. The fraction of sp³-hybridized carbons (Fsp3) is 0.571. The lowest BCUT2D eigenvalue weighted by Crippen LogP contribution is -2.32. The molecule has 0 spiro atoms. The number of hydrogen-bond acceptors (Lipinski definition) is 2. The number of halogens is 3. The molecule has 19 heavy (non-hydrogen) atoms. The average Bonchev–Trinajstić information content (AvgIpc) is 2.88. The normalized spacial score (nSPS) is 18.7. The summed E-state index contributed by atoms with van der Waals surface area (Å²) in [6.07, 6.45) is 0.159. The van der Waals surface area contributed by atoms with Crippen molar-refractivity contribution in [2.45, 2.75) is 43.9 Å². The summed E-state index contributed by atoms with van der Waals surface area (Å²) < 4.78 is 37.4. The summed E-state index contributed by atoms with van der Waals surface area (Å²) in [7, 11) is 0. The molecule has 1 saturated carbocycles. The molecule has 1 aromatic carbocycles. The van der Waals surface area contributed by atoms with Crippen molar-refractivity contribution < 1.29 is 18.3 Å². The maximum absolute atomic E-state index is 12.5. The minimum atomic E-state index is -4.31. The molecule has 5 heteroatoms. The molecule has 1 atom stereocenters. The Hall–Kier alpha value is -1.07. The smallest absolute Gasteiger partial charge is 0.394 e. The molecule has 0 heterocycles. The van der Waals surface area contributed by atoms with Crippen molar-refractivity contribution in [3.8, 4) is 0 Å². The predicted molar refractivity (Wildman–Crippen MR) is 66.7 cm³/mol. The van der Waals surface area contributed by atoms with Crippen LogP contribution in [0.3, 0.4) is 0 Å². The molecule has 1 aliphatic carbocycles. The first-order valence-electron chi connectivity index (χ1n) is 6.55. The van der Waals surface area contributed by atoms with Crippen LogP contribution in [0.5, 0.6) is 0 Å². The number of nitrogens with one attached hydrogen (secondary N) is 1. The van der Waals surface area contributed by atoms with Crippen LogP contribution in [0.4, 0.5) is 13.2 Å². The summed E-state index contributed by atoms with van der Waals surface area (Å²) in [6.45, 7) is -0.109. The van der Waals surface area contributed by atoms with Gasteiger partial charge in [0.1, 0.15) is 0 Å². The Morgan fingerprint density at radius 3 is 2.21 bits per heavy atom. The van der Waals surface area contributed by atoms with Gasteiger partial charge in [0.2, 0.25) is 0 Å². The largest absolute Gasteiger partial charge is 0.416 e. The third kappa shape index (κ3) is 3.70. The van der Waals surface area contributed by atoms with Crippen LogP contribution in [-0.4, -0.2) is 17.8 Å². The molecule has 0 radical (unpaired) electrons. The van der Waals surface area contributed by atoms with Gasteiger partial charge in [0, 0.05) is 6.04 Å². The summed E-state index contributed by atoms with van der Waals surface area (Å²) >= 11 is 0. The quantitative estimate of drug-likeness (QED) is 0.882. The van der Waals surface area contributed by atoms with Crippen molar-refractivity contribution in [2.75, 3.05) is 6.61 Å². The van der Waals surface area contributed by atoms with Crippen LogP contribution in [0.2, 0.25) is 0 Å². The second kappa shape index (κ2) is 5.92. The molecule has 2 N–H and O–H groups in total. The summed E-state index contributed by atoms with van der Waals surface area (Å²) in [5, 5.41) is 12.7. The Kier molecular flexibility index (Phi) is 4.47. The minimum absolute atomic E-state index is 0.109. The lowest BCUT2D eigenvalue weighted by atomic mass is 10.0. The van der Waals surface area contributed by atoms with E-state index in [1.54, 1.807) is 0 Å². The highest BCUT2D eigenvalue weighted by Gasteiger charge is 2.30. The molecule has 1 unspecified atom stereocenters. The van der Waals surface area contributed by atoms with Gasteiger partial charge in [0.05, 0.1) is 18.2 Å². The second-order valence-electron chi connectivity index (χ2n) is 5.00. The molecule has 0 bridgehead atoms.